The summed E-state index contributed by atoms with van der Waals surface area (Å²) in [7, 11) is 0. The van der Waals surface area contributed by atoms with Crippen molar-refractivity contribution in [2.45, 2.75) is 45.6 Å². The van der Waals surface area contributed by atoms with E-state index in [0.717, 1.165) is 54.9 Å². The Labute approximate surface area is 218 Å². The maximum absolute atomic E-state index is 13.4. The largest absolute Gasteiger partial charge is 0.375 e. The highest BCUT2D eigenvalue weighted by Crippen LogP contribution is 2.51. The highest BCUT2D eigenvalue weighted by atomic mass is 32.1. The Hall–Kier alpha value is -3.50. The number of benzene rings is 1. The normalized spacial score (nSPS) is 21.8. The fourth-order valence-corrected chi connectivity index (χ4v) is 7.43. The minimum atomic E-state index is -0.197. The molecule has 9 nitrogen and oxygen atoms in total. The lowest BCUT2D eigenvalue weighted by atomic mass is 9.73. The van der Waals surface area contributed by atoms with Crippen LogP contribution < -0.4 is 21.9 Å². The van der Waals surface area contributed by atoms with Crippen molar-refractivity contribution in [2.75, 3.05) is 23.7 Å². The molecule has 1 atom stereocenters. The van der Waals surface area contributed by atoms with Gasteiger partial charge in [0.25, 0.3) is 5.56 Å². The van der Waals surface area contributed by atoms with Crippen LogP contribution in [0, 0.1) is 10.8 Å². The molecule has 1 spiro atoms. The number of H-pyrrole nitrogens is 2. The zero-order valence-electron chi connectivity index (χ0n) is 21.0. The number of fused-ring (bicyclic) bond motifs is 3. The Bertz CT molecular complexity index is 1640. The van der Waals surface area contributed by atoms with E-state index in [0.29, 0.717) is 27.8 Å². The fraction of sp³-hybridized carbons (Fsp3) is 0.407. The van der Waals surface area contributed by atoms with Crippen LogP contribution in [0.4, 0.5) is 11.1 Å². The number of allylic oxidation sites excluding steroid dienone is 1. The summed E-state index contributed by atoms with van der Waals surface area (Å²) < 4.78 is 0. The molecule has 10 heteroatoms. The predicted molar refractivity (Wildman–Crippen MR) is 147 cm³/mol. The van der Waals surface area contributed by atoms with E-state index in [-0.39, 0.29) is 22.4 Å². The highest BCUT2D eigenvalue weighted by Gasteiger charge is 2.46. The van der Waals surface area contributed by atoms with Crippen molar-refractivity contribution in [1.29, 1.82) is 0 Å². The average Bonchev–Trinajstić information content (AvgIpc) is 3.53. The van der Waals surface area contributed by atoms with Gasteiger partial charge in [-0.3, -0.25) is 14.9 Å². The average molecular weight is 515 g/mol. The molecule has 190 valence electrons. The second-order valence-corrected chi connectivity index (χ2v) is 12.5. The van der Waals surface area contributed by atoms with Gasteiger partial charge in [-0.2, -0.15) is 10.1 Å². The molecule has 1 saturated heterocycles. The second kappa shape index (κ2) is 7.75. The summed E-state index contributed by atoms with van der Waals surface area (Å²) in [5.41, 5.74) is 18.1. The Morgan fingerprint density at radius 3 is 2.70 bits per heavy atom. The first-order chi connectivity index (χ1) is 17.7. The van der Waals surface area contributed by atoms with Gasteiger partial charge in [-0.1, -0.05) is 55.5 Å². The van der Waals surface area contributed by atoms with E-state index < -0.39 is 0 Å². The van der Waals surface area contributed by atoms with Crippen LogP contribution >= 0.6 is 11.3 Å². The molecule has 0 radical (unpaired) electrons. The van der Waals surface area contributed by atoms with Crippen LogP contribution in [0.2, 0.25) is 0 Å². The second-order valence-electron chi connectivity index (χ2n) is 11.4. The number of nitrogens with zero attached hydrogens (tertiary/aromatic N) is 4. The molecule has 0 amide bonds. The van der Waals surface area contributed by atoms with E-state index in [1.807, 2.05) is 0 Å². The molecular weight excluding hydrogens is 484 g/mol. The Morgan fingerprint density at radius 2 is 1.92 bits per heavy atom. The maximum Gasteiger partial charge on any atom is 0.264 e. The molecule has 0 unspecified atom stereocenters. The maximum atomic E-state index is 13.4. The van der Waals surface area contributed by atoms with Crippen molar-refractivity contribution in [3.05, 3.63) is 68.1 Å². The third-order valence-corrected chi connectivity index (χ3v) is 9.41. The van der Waals surface area contributed by atoms with Crippen LogP contribution in [0.3, 0.4) is 0 Å². The molecule has 1 aliphatic heterocycles. The minimum absolute atomic E-state index is 0.0490. The predicted octanol–water partition coefficient (Wildman–Crippen LogP) is 3.54. The van der Waals surface area contributed by atoms with Crippen molar-refractivity contribution in [1.82, 2.24) is 25.1 Å². The zero-order valence-corrected chi connectivity index (χ0v) is 21.8. The van der Waals surface area contributed by atoms with Crippen LogP contribution in [0.1, 0.15) is 60.1 Å². The number of rotatable bonds is 2. The van der Waals surface area contributed by atoms with Crippen LogP contribution in [-0.4, -0.2) is 38.2 Å². The number of hydrogen-bond donors (Lipinski definition) is 4. The lowest BCUT2D eigenvalue weighted by Crippen LogP contribution is -2.45. The molecule has 1 fully saturated rings. The molecule has 7 rings (SSSR count). The molecule has 2 aliphatic carbocycles. The van der Waals surface area contributed by atoms with Gasteiger partial charge < -0.3 is 16.4 Å². The summed E-state index contributed by atoms with van der Waals surface area (Å²) in [6.45, 7) is 5.89. The topological polar surface area (TPSA) is 143 Å². The van der Waals surface area contributed by atoms with Crippen LogP contribution in [0.5, 0.6) is 0 Å². The Balaban J connectivity index is 1.20. The van der Waals surface area contributed by atoms with Gasteiger partial charge in [0.15, 0.2) is 10.8 Å². The third kappa shape index (κ3) is 3.46. The number of nitrogens with two attached hydrogens (primary N) is 2. The number of nitrogens with one attached hydrogen (secondary N) is 2. The minimum Gasteiger partial charge on any atom is -0.375 e. The summed E-state index contributed by atoms with van der Waals surface area (Å²) in [6, 6.07) is 8.58. The van der Waals surface area contributed by atoms with Crippen molar-refractivity contribution in [2.24, 2.45) is 16.6 Å². The van der Waals surface area contributed by atoms with E-state index in [2.05, 4.69) is 69.3 Å². The van der Waals surface area contributed by atoms with Gasteiger partial charge in [-0.25, -0.2) is 4.98 Å². The summed E-state index contributed by atoms with van der Waals surface area (Å²) in [6.07, 6.45) is 5.90. The van der Waals surface area contributed by atoms with Crippen LogP contribution in [-0.2, 0) is 12.8 Å². The number of piperidine rings is 1. The molecule has 6 N–H and O–H groups in total. The molecule has 4 aromatic rings. The number of nitrogen functional groups attached to an aromatic ring is 1. The van der Waals surface area contributed by atoms with E-state index in [1.54, 1.807) is 0 Å². The molecule has 0 bridgehead atoms. The zero-order chi connectivity index (χ0) is 25.5. The quantitative estimate of drug-likeness (QED) is 0.320. The Morgan fingerprint density at radius 1 is 1.14 bits per heavy atom. The first-order valence-electron chi connectivity index (χ1n) is 12.8. The summed E-state index contributed by atoms with van der Waals surface area (Å²) in [4.78, 5) is 28.9. The van der Waals surface area contributed by atoms with Crippen molar-refractivity contribution in [3.63, 3.8) is 0 Å². The summed E-state index contributed by atoms with van der Waals surface area (Å²) in [5.74, 6) is 0.565. The van der Waals surface area contributed by atoms with Crippen molar-refractivity contribution < 1.29 is 0 Å². The van der Waals surface area contributed by atoms with Gasteiger partial charge >= 0.3 is 0 Å². The lowest BCUT2D eigenvalue weighted by molar-refractivity contribution is 0.187. The monoisotopic (exact) mass is 514 g/mol. The molecule has 37 heavy (non-hydrogen) atoms. The fourth-order valence-electron chi connectivity index (χ4n) is 6.56. The van der Waals surface area contributed by atoms with E-state index in [1.165, 1.54) is 22.5 Å². The number of anilines is 2. The standard InChI is InChI=1S/C27H30N8OS/c1-26(2)12-16(20-17(13-26)30-24(29)37-20)19-18-22(34-33-19)31-25(32-23(18)36)35-9-7-27(8-10-35)11-14-5-3-4-6-15(14)21(27)28/h3-6,12,21H,7-11,13,28H2,1-2H3,(H2,29,30)(H2,31,32,33,34,36)/t21-/m1/s1. The van der Waals surface area contributed by atoms with Gasteiger partial charge in [-0.05, 0) is 47.6 Å². The number of thiazole rings is 1. The van der Waals surface area contributed by atoms with E-state index in [4.69, 9.17) is 16.5 Å². The van der Waals surface area contributed by atoms with E-state index >= 15 is 0 Å². The first kappa shape index (κ1) is 22.7. The summed E-state index contributed by atoms with van der Waals surface area (Å²) in [5, 5.41) is 8.55. The molecule has 3 aliphatic rings. The van der Waals surface area contributed by atoms with Crippen LogP contribution in [0.15, 0.2) is 35.1 Å². The third-order valence-electron chi connectivity index (χ3n) is 8.45. The van der Waals surface area contributed by atoms with Gasteiger partial charge in [0.1, 0.15) is 5.39 Å². The Kier molecular flexibility index (Phi) is 4.75. The van der Waals surface area contributed by atoms with Crippen molar-refractivity contribution >= 4 is 39.0 Å². The first-order valence-corrected chi connectivity index (χ1v) is 13.6. The van der Waals surface area contributed by atoms with Crippen molar-refractivity contribution in [3.8, 4) is 0 Å². The molecular formula is C27H30N8OS. The summed E-state index contributed by atoms with van der Waals surface area (Å²) >= 11 is 1.44. The number of aromatic nitrogens is 5. The molecule has 3 aromatic heterocycles. The SMILES string of the molecule is CC1(C)C=C(c2[nH]nc3nc(N4CCC5(CC4)Cc4ccccc4[C@H]5N)[nH]c(=O)c23)c2sc(N)nc2C1. The van der Waals surface area contributed by atoms with Gasteiger partial charge in [0.05, 0.1) is 16.3 Å². The lowest BCUT2D eigenvalue weighted by Gasteiger charge is -2.42. The molecule has 4 heterocycles. The highest BCUT2D eigenvalue weighted by molar-refractivity contribution is 7.16. The van der Waals surface area contributed by atoms with Crippen LogP contribution in [0.25, 0.3) is 16.6 Å². The van der Waals surface area contributed by atoms with E-state index in [9.17, 15) is 4.79 Å². The van der Waals surface area contributed by atoms with Gasteiger partial charge in [-0.15, -0.1) is 0 Å². The smallest absolute Gasteiger partial charge is 0.264 e. The van der Waals surface area contributed by atoms with Gasteiger partial charge in [0, 0.05) is 24.7 Å². The van der Waals surface area contributed by atoms with Gasteiger partial charge in [0.2, 0.25) is 5.95 Å². The number of aromatic amines is 2. The number of hydrogen-bond acceptors (Lipinski definition) is 8. The molecule has 1 aromatic carbocycles. The molecule has 0 saturated carbocycles.